The fourth-order valence-electron chi connectivity index (χ4n) is 1.80. The van der Waals surface area contributed by atoms with E-state index in [0.717, 1.165) is 5.56 Å². The van der Waals surface area contributed by atoms with E-state index in [9.17, 15) is 9.59 Å². The minimum Gasteiger partial charge on any atom is -0.323 e. The Labute approximate surface area is 138 Å². The largest absolute Gasteiger partial charge is 0.323 e. The first-order valence-corrected chi connectivity index (χ1v) is 8.23. The van der Waals surface area contributed by atoms with Crippen LogP contribution in [0.4, 0.5) is 11.4 Å². The number of nitrogens with one attached hydrogen (secondary N) is 2. The zero-order valence-corrected chi connectivity index (χ0v) is 13.9. The van der Waals surface area contributed by atoms with E-state index in [-0.39, 0.29) is 11.8 Å². The highest BCUT2D eigenvalue weighted by atomic mass is 35.5. The molecule has 0 bridgehead atoms. The Hall–Kier alpha value is -1.85. The molecular formula is C16H17ClN2O2S. The van der Waals surface area contributed by atoms with Crippen molar-refractivity contribution in [3.8, 4) is 0 Å². The Bertz CT molecular complexity index is 667. The maximum absolute atomic E-state index is 12.3. The number of benzene rings is 1. The summed E-state index contributed by atoms with van der Waals surface area (Å²) in [7, 11) is 0. The molecule has 1 aromatic carbocycles. The number of carbonyl (C=O) groups excluding carboxylic acids is 2. The molecule has 1 heterocycles. The molecule has 2 rings (SSSR count). The van der Waals surface area contributed by atoms with E-state index >= 15 is 0 Å². The highest BCUT2D eigenvalue weighted by Gasteiger charge is 2.18. The monoisotopic (exact) mass is 336 g/mol. The number of carbonyl (C=O) groups is 2. The SMILES string of the molecule is CCC(Cl)C(=O)Nc1ccsc1C(=O)Nc1ccc(C)cc1. The van der Waals surface area contributed by atoms with Crippen molar-refractivity contribution in [1.29, 1.82) is 0 Å². The van der Waals surface area contributed by atoms with Crippen LogP contribution in [0.25, 0.3) is 0 Å². The number of hydrogen-bond donors (Lipinski definition) is 2. The lowest BCUT2D eigenvalue weighted by atomic mass is 10.2. The van der Waals surface area contributed by atoms with Crippen molar-refractivity contribution in [3.63, 3.8) is 0 Å². The van der Waals surface area contributed by atoms with Crippen LogP contribution >= 0.6 is 22.9 Å². The Morgan fingerprint density at radius 1 is 1.18 bits per heavy atom. The second kappa shape index (κ2) is 7.42. The Balaban J connectivity index is 2.09. The minimum absolute atomic E-state index is 0.253. The highest BCUT2D eigenvalue weighted by Crippen LogP contribution is 2.24. The van der Waals surface area contributed by atoms with E-state index in [4.69, 9.17) is 11.6 Å². The number of thiophene rings is 1. The topological polar surface area (TPSA) is 58.2 Å². The fourth-order valence-corrected chi connectivity index (χ4v) is 2.60. The van der Waals surface area contributed by atoms with E-state index in [2.05, 4.69) is 10.6 Å². The molecule has 2 aromatic rings. The molecule has 2 N–H and O–H groups in total. The molecule has 6 heteroatoms. The van der Waals surface area contributed by atoms with Gasteiger partial charge in [-0.1, -0.05) is 24.6 Å². The van der Waals surface area contributed by atoms with Crippen molar-refractivity contribution >= 4 is 46.1 Å². The average molecular weight is 337 g/mol. The van der Waals surface area contributed by atoms with Crippen molar-refractivity contribution in [3.05, 3.63) is 46.2 Å². The van der Waals surface area contributed by atoms with Crippen molar-refractivity contribution < 1.29 is 9.59 Å². The number of hydrogen-bond acceptors (Lipinski definition) is 3. The number of aryl methyl sites for hydroxylation is 1. The Morgan fingerprint density at radius 2 is 1.86 bits per heavy atom. The van der Waals surface area contributed by atoms with E-state index in [1.165, 1.54) is 11.3 Å². The van der Waals surface area contributed by atoms with Gasteiger partial charge in [0.2, 0.25) is 5.91 Å². The second-order valence-corrected chi connectivity index (χ2v) is 6.29. The molecule has 116 valence electrons. The first kappa shape index (κ1) is 16.5. The molecule has 22 heavy (non-hydrogen) atoms. The van der Waals surface area contributed by atoms with Gasteiger partial charge in [0, 0.05) is 5.69 Å². The maximum Gasteiger partial charge on any atom is 0.267 e. The van der Waals surface area contributed by atoms with Crippen LogP contribution in [0.2, 0.25) is 0 Å². The van der Waals surface area contributed by atoms with Gasteiger partial charge in [0.1, 0.15) is 10.3 Å². The lowest BCUT2D eigenvalue weighted by molar-refractivity contribution is -0.115. The summed E-state index contributed by atoms with van der Waals surface area (Å²) >= 11 is 7.17. The summed E-state index contributed by atoms with van der Waals surface area (Å²) in [4.78, 5) is 24.6. The van der Waals surface area contributed by atoms with Crippen LogP contribution in [-0.2, 0) is 4.79 Å². The molecule has 0 fully saturated rings. The standard InChI is InChI=1S/C16H17ClN2O2S/c1-3-12(17)15(20)19-13-8-9-22-14(13)16(21)18-11-6-4-10(2)5-7-11/h4-9,12H,3H2,1-2H3,(H,18,21)(H,19,20). The molecule has 0 radical (unpaired) electrons. The first-order valence-electron chi connectivity index (χ1n) is 6.91. The van der Waals surface area contributed by atoms with Crippen LogP contribution in [0.15, 0.2) is 35.7 Å². The van der Waals surface area contributed by atoms with Crippen molar-refractivity contribution in [2.24, 2.45) is 0 Å². The predicted octanol–water partition coefficient (Wildman–Crippen LogP) is 4.26. The molecule has 0 aliphatic carbocycles. The molecule has 0 aliphatic rings. The summed E-state index contributed by atoms with van der Waals surface area (Å²) in [6, 6.07) is 9.22. The molecule has 1 aromatic heterocycles. The van der Waals surface area contributed by atoms with Crippen LogP contribution < -0.4 is 10.6 Å². The van der Waals surface area contributed by atoms with Gasteiger partial charge in [-0.15, -0.1) is 22.9 Å². The Kier molecular flexibility index (Phi) is 5.57. The third-order valence-corrected chi connectivity index (χ3v) is 4.50. The van der Waals surface area contributed by atoms with Gasteiger partial charge < -0.3 is 10.6 Å². The second-order valence-electron chi connectivity index (χ2n) is 4.85. The Morgan fingerprint density at radius 3 is 2.50 bits per heavy atom. The zero-order chi connectivity index (χ0) is 16.1. The van der Waals surface area contributed by atoms with Crippen LogP contribution in [0, 0.1) is 6.92 Å². The summed E-state index contributed by atoms with van der Waals surface area (Å²) in [6.45, 7) is 3.81. The number of anilines is 2. The molecule has 0 saturated heterocycles. The van der Waals surface area contributed by atoms with Gasteiger partial charge >= 0.3 is 0 Å². The smallest absolute Gasteiger partial charge is 0.267 e. The van der Waals surface area contributed by atoms with Crippen LogP contribution in [0.3, 0.4) is 0 Å². The predicted molar refractivity (Wildman–Crippen MR) is 92.0 cm³/mol. The quantitative estimate of drug-likeness (QED) is 0.801. The van der Waals surface area contributed by atoms with Crippen molar-refractivity contribution in [1.82, 2.24) is 0 Å². The number of rotatable bonds is 5. The van der Waals surface area contributed by atoms with E-state index < -0.39 is 5.38 Å². The summed E-state index contributed by atoms with van der Waals surface area (Å²) in [5.41, 5.74) is 2.32. The van der Waals surface area contributed by atoms with Gasteiger partial charge in [0.15, 0.2) is 0 Å². The third-order valence-electron chi connectivity index (χ3n) is 3.08. The number of amides is 2. The molecule has 0 aliphatic heterocycles. The summed E-state index contributed by atoms with van der Waals surface area (Å²) in [6.07, 6.45) is 0.530. The summed E-state index contributed by atoms with van der Waals surface area (Å²) in [5, 5.41) is 6.67. The van der Waals surface area contributed by atoms with E-state index in [1.807, 2.05) is 38.1 Å². The van der Waals surface area contributed by atoms with Gasteiger partial charge in [-0.2, -0.15) is 0 Å². The third kappa shape index (κ3) is 4.08. The normalized spacial score (nSPS) is 11.8. The molecule has 0 spiro atoms. The lowest BCUT2D eigenvalue weighted by Crippen LogP contribution is -2.23. The first-order chi connectivity index (χ1) is 10.5. The zero-order valence-electron chi connectivity index (χ0n) is 12.4. The van der Waals surface area contributed by atoms with Crippen LogP contribution in [-0.4, -0.2) is 17.2 Å². The average Bonchev–Trinajstić information content (AvgIpc) is 2.96. The van der Waals surface area contributed by atoms with E-state index in [0.29, 0.717) is 22.7 Å². The highest BCUT2D eigenvalue weighted by molar-refractivity contribution is 7.12. The molecule has 1 atom stereocenters. The van der Waals surface area contributed by atoms with Crippen LogP contribution in [0.1, 0.15) is 28.6 Å². The van der Waals surface area contributed by atoms with Crippen LogP contribution in [0.5, 0.6) is 0 Å². The van der Waals surface area contributed by atoms with Gasteiger partial charge in [0.05, 0.1) is 5.69 Å². The van der Waals surface area contributed by atoms with Gasteiger partial charge in [-0.25, -0.2) is 0 Å². The summed E-state index contributed by atoms with van der Waals surface area (Å²) in [5.74, 6) is -0.552. The van der Waals surface area contributed by atoms with Gasteiger partial charge in [-0.05, 0) is 36.9 Å². The molecule has 2 amide bonds. The summed E-state index contributed by atoms with van der Waals surface area (Å²) < 4.78 is 0. The number of halogens is 1. The molecule has 1 unspecified atom stereocenters. The minimum atomic E-state index is -0.604. The molecular weight excluding hydrogens is 320 g/mol. The fraction of sp³-hybridized carbons (Fsp3) is 0.250. The molecule has 4 nitrogen and oxygen atoms in total. The lowest BCUT2D eigenvalue weighted by Gasteiger charge is -2.10. The number of alkyl halides is 1. The van der Waals surface area contributed by atoms with Crippen molar-refractivity contribution in [2.45, 2.75) is 25.6 Å². The maximum atomic E-state index is 12.3. The van der Waals surface area contributed by atoms with E-state index in [1.54, 1.807) is 11.4 Å². The molecule has 0 saturated carbocycles. The van der Waals surface area contributed by atoms with Gasteiger partial charge in [-0.3, -0.25) is 9.59 Å². The van der Waals surface area contributed by atoms with Gasteiger partial charge in [0.25, 0.3) is 5.91 Å². The van der Waals surface area contributed by atoms with Crippen molar-refractivity contribution in [2.75, 3.05) is 10.6 Å².